The lowest BCUT2D eigenvalue weighted by Gasteiger charge is -2.22. The monoisotopic (exact) mass is 301 g/mol. The predicted molar refractivity (Wildman–Crippen MR) is 69.3 cm³/mol. The van der Waals surface area contributed by atoms with Gasteiger partial charge in [0.15, 0.2) is 0 Å². The highest BCUT2D eigenvalue weighted by atomic mass is 79.9. The molecule has 2 rings (SSSR count). The molecule has 0 amide bonds. The predicted octanol–water partition coefficient (Wildman–Crippen LogP) is 3.10. The van der Waals surface area contributed by atoms with Crippen molar-refractivity contribution in [2.45, 2.75) is 19.4 Å². The summed E-state index contributed by atoms with van der Waals surface area (Å²) in [4.78, 5) is 0. The maximum Gasteiger partial charge on any atom is 0.127 e. The summed E-state index contributed by atoms with van der Waals surface area (Å²) in [7, 11) is 0. The Labute approximate surface area is 110 Å². The molecular weight excluding hydrogens is 285 g/mol. The van der Waals surface area contributed by atoms with Crippen molar-refractivity contribution in [2.75, 3.05) is 19.8 Å². The molecule has 0 aromatic heterocycles. The third-order valence-electron chi connectivity index (χ3n) is 3.01. The maximum atomic E-state index is 13.4. The molecule has 0 spiro atoms. The maximum absolute atomic E-state index is 13.4. The first-order valence-electron chi connectivity index (χ1n) is 5.98. The van der Waals surface area contributed by atoms with Crippen LogP contribution in [0.4, 0.5) is 4.39 Å². The molecule has 0 radical (unpaired) electrons. The lowest BCUT2D eigenvalue weighted by Crippen LogP contribution is -2.29. The van der Waals surface area contributed by atoms with Gasteiger partial charge in [-0.15, -0.1) is 0 Å². The van der Waals surface area contributed by atoms with Crippen LogP contribution in [0.15, 0.2) is 22.7 Å². The lowest BCUT2D eigenvalue weighted by molar-refractivity contribution is 0.0547. The zero-order valence-electron chi connectivity index (χ0n) is 9.72. The topological polar surface area (TPSA) is 21.3 Å². The second-order valence-electron chi connectivity index (χ2n) is 4.45. The van der Waals surface area contributed by atoms with Crippen LogP contribution in [0, 0.1) is 11.7 Å². The quantitative estimate of drug-likeness (QED) is 0.923. The van der Waals surface area contributed by atoms with Gasteiger partial charge in [-0.3, -0.25) is 0 Å². The third kappa shape index (κ3) is 4.05. The van der Waals surface area contributed by atoms with E-state index in [1.54, 1.807) is 6.07 Å². The summed E-state index contributed by atoms with van der Waals surface area (Å²) in [5.41, 5.74) is 0.705. The van der Waals surface area contributed by atoms with Crippen molar-refractivity contribution in [1.29, 1.82) is 0 Å². The van der Waals surface area contributed by atoms with Gasteiger partial charge < -0.3 is 10.1 Å². The molecule has 1 saturated heterocycles. The minimum Gasteiger partial charge on any atom is -0.381 e. The van der Waals surface area contributed by atoms with Gasteiger partial charge >= 0.3 is 0 Å². The Bertz CT molecular complexity index is 366. The van der Waals surface area contributed by atoms with E-state index in [1.807, 2.05) is 6.07 Å². The van der Waals surface area contributed by atoms with Crippen molar-refractivity contribution >= 4 is 15.9 Å². The van der Waals surface area contributed by atoms with Crippen LogP contribution in [0.5, 0.6) is 0 Å². The molecule has 1 aromatic carbocycles. The van der Waals surface area contributed by atoms with E-state index in [-0.39, 0.29) is 5.82 Å². The molecule has 1 unspecified atom stereocenters. The molecule has 1 N–H and O–H groups in total. The van der Waals surface area contributed by atoms with Gasteiger partial charge in [-0.05, 0) is 37.0 Å². The van der Waals surface area contributed by atoms with Gasteiger partial charge in [0.25, 0.3) is 0 Å². The lowest BCUT2D eigenvalue weighted by atomic mass is 10.0. The Morgan fingerprint density at radius 2 is 2.35 bits per heavy atom. The van der Waals surface area contributed by atoms with Crippen LogP contribution in [-0.4, -0.2) is 19.8 Å². The summed E-state index contributed by atoms with van der Waals surface area (Å²) >= 11 is 3.35. The molecule has 94 valence electrons. The third-order valence-corrected chi connectivity index (χ3v) is 3.50. The Morgan fingerprint density at radius 3 is 3.12 bits per heavy atom. The highest BCUT2D eigenvalue weighted by Crippen LogP contribution is 2.16. The van der Waals surface area contributed by atoms with Crippen LogP contribution < -0.4 is 5.32 Å². The molecule has 1 aromatic rings. The largest absolute Gasteiger partial charge is 0.381 e. The average Bonchev–Trinajstić information content (AvgIpc) is 2.35. The standard InChI is InChI=1S/C13H17BrFNO/c14-12-3-4-13(15)11(6-12)8-16-7-10-2-1-5-17-9-10/h3-4,6,10,16H,1-2,5,7-9H2. The molecule has 1 aliphatic heterocycles. The smallest absolute Gasteiger partial charge is 0.127 e. The molecule has 1 atom stereocenters. The first kappa shape index (κ1) is 13.0. The fraction of sp³-hybridized carbons (Fsp3) is 0.538. The number of rotatable bonds is 4. The minimum atomic E-state index is -0.152. The Hall–Kier alpha value is -0.450. The first-order valence-corrected chi connectivity index (χ1v) is 6.77. The fourth-order valence-corrected chi connectivity index (χ4v) is 2.47. The average molecular weight is 302 g/mol. The minimum absolute atomic E-state index is 0.152. The zero-order chi connectivity index (χ0) is 12.1. The molecule has 2 nitrogen and oxygen atoms in total. The van der Waals surface area contributed by atoms with Gasteiger partial charge in [-0.1, -0.05) is 15.9 Å². The van der Waals surface area contributed by atoms with Gasteiger partial charge in [0, 0.05) is 29.7 Å². The van der Waals surface area contributed by atoms with Crippen LogP contribution in [0.25, 0.3) is 0 Å². The highest BCUT2D eigenvalue weighted by molar-refractivity contribution is 9.10. The molecule has 1 fully saturated rings. The zero-order valence-corrected chi connectivity index (χ0v) is 11.3. The molecule has 0 bridgehead atoms. The van der Waals surface area contributed by atoms with E-state index in [0.717, 1.165) is 30.7 Å². The Kier molecular flexibility index (Phi) is 4.95. The summed E-state index contributed by atoms with van der Waals surface area (Å²) in [5, 5.41) is 3.30. The van der Waals surface area contributed by atoms with Crippen LogP contribution in [0.3, 0.4) is 0 Å². The van der Waals surface area contributed by atoms with Crippen LogP contribution >= 0.6 is 15.9 Å². The van der Waals surface area contributed by atoms with E-state index in [1.165, 1.54) is 12.5 Å². The molecule has 4 heteroatoms. The van der Waals surface area contributed by atoms with Crippen LogP contribution in [0.1, 0.15) is 18.4 Å². The summed E-state index contributed by atoms with van der Waals surface area (Å²) in [6.07, 6.45) is 2.34. The van der Waals surface area contributed by atoms with E-state index < -0.39 is 0 Å². The fourth-order valence-electron chi connectivity index (χ4n) is 2.06. The number of hydrogen-bond donors (Lipinski definition) is 1. The summed E-state index contributed by atoms with van der Waals surface area (Å²) in [5.74, 6) is 0.416. The van der Waals surface area contributed by atoms with Crippen molar-refractivity contribution in [3.63, 3.8) is 0 Å². The number of benzene rings is 1. The number of hydrogen-bond acceptors (Lipinski definition) is 2. The normalized spacial score (nSPS) is 20.5. The van der Waals surface area contributed by atoms with Crippen LogP contribution in [0.2, 0.25) is 0 Å². The van der Waals surface area contributed by atoms with E-state index in [4.69, 9.17) is 4.74 Å². The van der Waals surface area contributed by atoms with Crippen molar-refractivity contribution in [3.8, 4) is 0 Å². The number of halogens is 2. The van der Waals surface area contributed by atoms with Crippen molar-refractivity contribution in [2.24, 2.45) is 5.92 Å². The molecule has 0 aliphatic carbocycles. The number of ether oxygens (including phenoxy) is 1. The Morgan fingerprint density at radius 1 is 1.47 bits per heavy atom. The van der Waals surface area contributed by atoms with E-state index in [2.05, 4.69) is 21.2 Å². The SMILES string of the molecule is Fc1ccc(Br)cc1CNCC1CCCOC1. The number of nitrogens with one attached hydrogen (secondary N) is 1. The second kappa shape index (κ2) is 6.47. The van der Waals surface area contributed by atoms with Crippen molar-refractivity contribution in [3.05, 3.63) is 34.1 Å². The molecule has 1 heterocycles. The first-order chi connectivity index (χ1) is 8.25. The highest BCUT2D eigenvalue weighted by Gasteiger charge is 2.13. The van der Waals surface area contributed by atoms with Crippen molar-refractivity contribution in [1.82, 2.24) is 5.32 Å². The van der Waals surface area contributed by atoms with E-state index >= 15 is 0 Å². The van der Waals surface area contributed by atoms with Crippen molar-refractivity contribution < 1.29 is 9.13 Å². The van der Waals surface area contributed by atoms with Gasteiger partial charge in [-0.25, -0.2) is 4.39 Å². The summed E-state index contributed by atoms with van der Waals surface area (Å²) in [6, 6.07) is 5.03. The molecular formula is C13H17BrFNO. The summed E-state index contributed by atoms with van der Waals surface area (Å²) in [6.45, 7) is 3.18. The molecule has 1 aliphatic rings. The van der Waals surface area contributed by atoms with E-state index in [9.17, 15) is 4.39 Å². The van der Waals surface area contributed by atoms with Crippen LogP contribution in [-0.2, 0) is 11.3 Å². The van der Waals surface area contributed by atoms with Gasteiger partial charge in [0.05, 0.1) is 6.61 Å². The second-order valence-corrected chi connectivity index (χ2v) is 5.37. The summed E-state index contributed by atoms with van der Waals surface area (Å²) < 4.78 is 19.8. The van der Waals surface area contributed by atoms with E-state index in [0.29, 0.717) is 18.0 Å². The molecule has 0 saturated carbocycles. The Balaban J connectivity index is 1.79. The molecule has 17 heavy (non-hydrogen) atoms. The van der Waals surface area contributed by atoms with Gasteiger partial charge in [0.1, 0.15) is 5.82 Å². The van der Waals surface area contributed by atoms with Gasteiger partial charge in [0.2, 0.25) is 0 Å². The van der Waals surface area contributed by atoms with Gasteiger partial charge in [-0.2, -0.15) is 0 Å².